The van der Waals surface area contributed by atoms with Crippen molar-refractivity contribution in [2.45, 2.75) is 12.5 Å². The molecule has 1 heterocycles. The fourth-order valence-corrected chi connectivity index (χ4v) is 1.61. The third kappa shape index (κ3) is 2.46. The van der Waals surface area contributed by atoms with Gasteiger partial charge in [0.25, 0.3) is 0 Å². The molecule has 0 fully saturated rings. The number of carbonyl (C=O) groups is 2. The molecule has 7 heteroatoms. The third-order valence-corrected chi connectivity index (χ3v) is 2.50. The molecule has 7 nitrogen and oxygen atoms in total. The largest absolute Gasteiger partial charge is 0.370 e. The summed E-state index contributed by atoms with van der Waals surface area (Å²) in [5, 5.41) is 10.1. The van der Waals surface area contributed by atoms with Crippen molar-refractivity contribution in [3.8, 4) is 0 Å². The van der Waals surface area contributed by atoms with E-state index in [-0.39, 0.29) is 6.42 Å². The van der Waals surface area contributed by atoms with Crippen LogP contribution in [0.25, 0.3) is 10.9 Å². The molecule has 6 N–H and O–H groups in total. The standard InChI is InChI=1S/C11H13N5O2/c12-7(4-10(13)17)11(18)15-8-2-1-3-9-6(8)5-14-16-9/h1-3,5,7H,4,12H2,(H2,13,17)(H,14,16)(H,15,18). The Bertz CT molecular complexity index is 592. The van der Waals surface area contributed by atoms with Crippen LogP contribution in [0.4, 0.5) is 5.69 Å². The first-order chi connectivity index (χ1) is 8.58. The van der Waals surface area contributed by atoms with E-state index < -0.39 is 17.9 Å². The maximum atomic E-state index is 11.7. The number of hydrogen-bond donors (Lipinski definition) is 4. The summed E-state index contributed by atoms with van der Waals surface area (Å²) in [6, 6.07) is 4.38. The maximum absolute atomic E-state index is 11.7. The van der Waals surface area contributed by atoms with E-state index >= 15 is 0 Å². The molecular formula is C11H13N5O2. The SMILES string of the molecule is NC(=O)CC(N)C(=O)Nc1cccc2[nH]ncc12. The quantitative estimate of drug-likeness (QED) is 0.591. The summed E-state index contributed by atoms with van der Waals surface area (Å²) in [4.78, 5) is 22.4. The zero-order valence-electron chi connectivity index (χ0n) is 9.51. The molecule has 0 aliphatic rings. The van der Waals surface area contributed by atoms with Gasteiger partial charge in [-0.15, -0.1) is 0 Å². The van der Waals surface area contributed by atoms with Crippen molar-refractivity contribution >= 4 is 28.4 Å². The Balaban J connectivity index is 2.16. The van der Waals surface area contributed by atoms with Gasteiger partial charge in [-0.3, -0.25) is 14.7 Å². The number of amides is 2. The normalized spacial score (nSPS) is 12.3. The van der Waals surface area contributed by atoms with E-state index in [1.807, 2.05) is 6.07 Å². The molecule has 0 aliphatic heterocycles. The number of H-pyrrole nitrogens is 1. The Labute approximate surface area is 103 Å². The minimum atomic E-state index is -0.954. The van der Waals surface area contributed by atoms with Crippen LogP contribution in [0.1, 0.15) is 6.42 Å². The Morgan fingerprint density at radius 3 is 2.94 bits per heavy atom. The molecule has 1 aromatic heterocycles. The third-order valence-electron chi connectivity index (χ3n) is 2.50. The Hall–Kier alpha value is -2.41. The molecule has 0 saturated heterocycles. The summed E-state index contributed by atoms with van der Waals surface area (Å²) in [5.41, 5.74) is 11.9. The van der Waals surface area contributed by atoms with Gasteiger partial charge in [-0.05, 0) is 12.1 Å². The number of nitrogens with two attached hydrogens (primary N) is 2. The van der Waals surface area contributed by atoms with Gasteiger partial charge in [0, 0.05) is 5.39 Å². The van der Waals surface area contributed by atoms with Crippen LogP contribution < -0.4 is 16.8 Å². The summed E-state index contributed by atoms with van der Waals surface area (Å²) in [5.74, 6) is -1.07. The summed E-state index contributed by atoms with van der Waals surface area (Å²) in [6.45, 7) is 0. The number of nitrogens with zero attached hydrogens (tertiary/aromatic N) is 1. The van der Waals surface area contributed by atoms with Gasteiger partial charge in [-0.25, -0.2) is 0 Å². The van der Waals surface area contributed by atoms with Gasteiger partial charge < -0.3 is 16.8 Å². The topological polar surface area (TPSA) is 127 Å². The highest BCUT2D eigenvalue weighted by Crippen LogP contribution is 2.20. The van der Waals surface area contributed by atoms with Crippen LogP contribution in [-0.4, -0.2) is 28.1 Å². The molecule has 0 spiro atoms. The van der Waals surface area contributed by atoms with Gasteiger partial charge in [0.05, 0.1) is 29.9 Å². The fraction of sp³-hybridized carbons (Fsp3) is 0.182. The van der Waals surface area contributed by atoms with Crippen molar-refractivity contribution in [1.82, 2.24) is 10.2 Å². The zero-order valence-corrected chi connectivity index (χ0v) is 9.51. The number of primary amides is 1. The van der Waals surface area contributed by atoms with E-state index in [2.05, 4.69) is 15.5 Å². The van der Waals surface area contributed by atoms with Crippen LogP contribution in [0.15, 0.2) is 24.4 Å². The number of carbonyl (C=O) groups excluding carboxylic acids is 2. The van der Waals surface area contributed by atoms with Crippen molar-refractivity contribution in [2.75, 3.05) is 5.32 Å². The van der Waals surface area contributed by atoms with E-state index in [9.17, 15) is 9.59 Å². The maximum Gasteiger partial charge on any atom is 0.241 e. The molecule has 1 unspecified atom stereocenters. The van der Waals surface area contributed by atoms with E-state index in [0.29, 0.717) is 5.69 Å². The molecule has 18 heavy (non-hydrogen) atoms. The van der Waals surface area contributed by atoms with Crippen molar-refractivity contribution < 1.29 is 9.59 Å². The van der Waals surface area contributed by atoms with Crippen LogP contribution in [-0.2, 0) is 9.59 Å². The van der Waals surface area contributed by atoms with Gasteiger partial charge in [-0.1, -0.05) is 6.07 Å². The van der Waals surface area contributed by atoms with Gasteiger partial charge in [0.2, 0.25) is 11.8 Å². The highest BCUT2D eigenvalue weighted by Gasteiger charge is 2.17. The number of fused-ring (bicyclic) bond motifs is 1. The Morgan fingerprint density at radius 2 is 2.22 bits per heavy atom. The molecule has 0 bridgehead atoms. The predicted octanol–water partition coefficient (Wildman–Crippen LogP) is -0.296. The number of nitrogens with one attached hydrogen (secondary N) is 2. The summed E-state index contributed by atoms with van der Waals surface area (Å²) >= 11 is 0. The van der Waals surface area contributed by atoms with Crippen LogP contribution in [0.3, 0.4) is 0 Å². The van der Waals surface area contributed by atoms with Crippen LogP contribution >= 0.6 is 0 Å². The molecule has 1 atom stereocenters. The van der Waals surface area contributed by atoms with Crippen LogP contribution in [0.2, 0.25) is 0 Å². The minimum absolute atomic E-state index is 0.187. The van der Waals surface area contributed by atoms with Crippen LogP contribution in [0, 0.1) is 0 Å². The monoisotopic (exact) mass is 247 g/mol. The second-order valence-corrected chi connectivity index (χ2v) is 3.90. The Morgan fingerprint density at radius 1 is 1.44 bits per heavy atom. The van der Waals surface area contributed by atoms with E-state index in [1.165, 1.54) is 0 Å². The molecule has 2 aromatic rings. The number of aromatic nitrogens is 2. The van der Waals surface area contributed by atoms with Crippen molar-refractivity contribution in [3.05, 3.63) is 24.4 Å². The molecule has 2 amide bonds. The first-order valence-electron chi connectivity index (χ1n) is 5.35. The number of aromatic amines is 1. The average molecular weight is 247 g/mol. The van der Waals surface area contributed by atoms with E-state index in [4.69, 9.17) is 11.5 Å². The second-order valence-electron chi connectivity index (χ2n) is 3.90. The zero-order chi connectivity index (χ0) is 13.1. The van der Waals surface area contributed by atoms with Gasteiger partial charge >= 0.3 is 0 Å². The molecular weight excluding hydrogens is 234 g/mol. The van der Waals surface area contributed by atoms with Crippen LogP contribution in [0.5, 0.6) is 0 Å². The van der Waals surface area contributed by atoms with Gasteiger partial charge in [-0.2, -0.15) is 5.10 Å². The fourth-order valence-electron chi connectivity index (χ4n) is 1.61. The molecule has 0 saturated carbocycles. The lowest BCUT2D eigenvalue weighted by atomic mass is 10.1. The summed E-state index contributed by atoms with van der Waals surface area (Å²) in [7, 11) is 0. The molecule has 2 rings (SSSR count). The number of rotatable bonds is 4. The molecule has 1 aromatic carbocycles. The number of benzene rings is 1. The lowest BCUT2D eigenvalue weighted by molar-refractivity contribution is -0.123. The minimum Gasteiger partial charge on any atom is -0.370 e. The number of hydrogen-bond acceptors (Lipinski definition) is 4. The summed E-state index contributed by atoms with van der Waals surface area (Å²) < 4.78 is 0. The molecule has 0 aliphatic carbocycles. The number of anilines is 1. The van der Waals surface area contributed by atoms with Gasteiger partial charge in [0.1, 0.15) is 0 Å². The highest BCUT2D eigenvalue weighted by atomic mass is 16.2. The lowest BCUT2D eigenvalue weighted by Crippen LogP contribution is -2.39. The lowest BCUT2D eigenvalue weighted by Gasteiger charge is -2.11. The van der Waals surface area contributed by atoms with Crippen molar-refractivity contribution in [1.29, 1.82) is 0 Å². The van der Waals surface area contributed by atoms with E-state index in [1.54, 1.807) is 18.3 Å². The predicted molar refractivity (Wildman–Crippen MR) is 66.5 cm³/mol. The van der Waals surface area contributed by atoms with Crippen molar-refractivity contribution in [3.63, 3.8) is 0 Å². The smallest absolute Gasteiger partial charge is 0.241 e. The summed E-state index contributed by atoms with van der Waals surface area (Å²) in [6.07, 6.45) is 1.41. The second kappa shape index (κ2) is 4.84. The average Bonchev–Trinajstić information content (AvgIpc) is 2.77. The highest BCUT2D eigenvalue weighted by molar-refractivity contribution is 6.03. The molecule has 0 radical (unpaired) electrons. The first kappa shape index (κ1) is 12.1. The van der Waals surface area contributed by atoms with Gasteiger partial charge in [0.15, 0.2) is 0 Å². The first-order valence-corrected chi connectivity index (χ1v) is 5.35. The Kier molecular flexibility index (Phi) is 3.24. The molecule has 94 valence electrons. The van der Waals surface area contributed by atoms with Crippen molar-refractivity contribution in [2.24, 2.45) is 11.5 Å². The van der Waals surface area contributed by atoms with E-state index in [0.717, 1.165) is 10.9 Å².